The quantitative estimate of drug-likeness (QED) is 0.116. The lowest BCUT2D eigenvalue weighted by Crippen LogP contribution is -1.95. The van der Waals surface area contributed by atoms with Crippen molar-refractivity contribution in [2.24, 2.45) is 0 Å². The van der Waals surface area contributed by atoms with E-state index in [1.54, 1.807) is 0 Å². The van der Waals surface area contributed by atoms with Gasteiger partial charge in [-0.3, -0.25) is 0 Å². The third kappa shape index (κ3) is 5.50. The van der Waals surface area contributed by atoms with Crippen molar-refractivity contribution in [3.8, 4) is 0 Å². The minimum absolute atomic E-state index is 0.815. The van der Waals surface area contributed by atoms with Crippen molar-refractivity contribution in [1.82, 2.24) is 4.57 Å². The Morgan fingerprint density at radius 2 is 1.33 bits per heavy atom. The van der Waals surface area contributed by atoms with Gasteiger partial charge in [-0.1, -0.05) is 153 Å². The summed E-state index contributed by atoms with van der Waals surface area (Å²) in [6.45, 7) is 9.37. The SMILES string of the molecule is C=Cc1c(C=CCc2ccc3c(c2)c2ccccc2n3CC=CC(=CCC)c2cccc(C)c2)c2ccccc2c2ccccc12. The van der Waals surface area contributed by atoms with Crippen LogP contribution in [0.5, 0.6) is 0 Å². The summed E-state index contributed by atoms with van der Waals surface area (Å²) in [5.41, 5.74) is 10.1. The summed E-state index contributed by atoms with van der Waals surface area (Å²) in [5, 5.41) is 7.67. The molecule has 0 radical (unpaired) electrons. The van der Waals surface area contributed by atoms with Crippen LogP contribution in [-0.2, 0) is 13.0 Å². The smallest absolute Gasteiger partial charge is 0.0494 e. The van der Waals surface area contributed by atoms with Crippen molar-refractivity contribution in [2.75, 3.05) is 0 Å². The van der Waals surface area contributed by atoms with Crippen LogP contribution < -0.4 is 0 Å². The molecule has 0 aliphatic rings. The Bertz CT molecular complexity index is 2320. The first kappa shape index (κ1) is 29.3. The number of allylic oxidation sites excluding steroid dienone is 5. The first-order valence-electron chi connectivity index (χ1n) is 16.3. The Kier molecular flexibility index (Phi) is 8.23. The standard InChI is InChI=1S/C45H39N/c1-4-15-34(35-18-12-16-32(3)30-35)19-14-29-46-44-26-11-10-24-42(44)43-31-33(27-28-45(43)46)17-13-25-38-36(5-2)37-20-6-7-21-39(37)41-23-9-8-22-40(38)41/h5-16,18-28,30-31H,2,4,17,29H2,1,3H3. The average Bonchev–Trinajstić information content (AvgIpc) is 3.40. The number of hydrogen-bond acceptors (Lipinski definition) is 0. The molecule has 7 rings (SSSR count). The van der Waals surface area contributed by atoms with Crippen LogP contribution in [0.1, 0.15) is 41.2 Å². The van der Waals surface area contributed by atoms with Gasteiger partial charge in [0.2, 0.25) is 0 Å². The molecule has 0 N–H and O–H groups in total. The van der Waals surface area contributed by atoms with Crippen LogP contribution in [0.4, 0.5) is 0 Å². The molecule has 1 heteroatoms. The summed E-state index contributed by atoms with van der Waals surface area (Å²) < 4.78 is 2.44. The van der Waals surface area contributed by atoms with Gasteiger partial charge in [0.05, 0.1) is 0 Å². The molecular weight excluding hydrogens is 555 g/mol. The Labute approximate surface area is 272 Å². The van der Waals surface area contributed by atoms with E-state index >= 15 is 0 Å². The fourth-order valence-electron chi connectivity index (χ4n) is 6.94. The zero-order chi connectivity index (χ0) is 31.5. The normalized spacial score (nSPS) is 12.4. The van der Waals surface area contributed by atoms with Crippen molar-refractivity contribution in [3.05, 3.63) is 174 Å². The van der Waals surface area contributed by atoms with Gasteiger partial charge >= 0.3 is 0 Å². The molecule has 0 unspecified atom stereocenters. The molecule has 0 bridgehead atoms. The Balaban J connectivity index is 1.21. The van der Waals surface area contributed by atoms with E-state index in [0.717, 1.165) is 19.4 Å². The zero-order valence-electron chi connectivity index (χ0n) is 26.7. The first-order chi connectivity index (χ1) is 22.7. The Hall–Kier alpha value is -5.40. The van der Waals surface area contributed by atoms with Crippen LogP contribution >= 0.6 is 0 Å². The van der Waals surface area contributed by atoms with E-state index in [4.69, 9.17) is 0 Å². The highest BCUT2D eigenvalue weighted by Crippen LogP contribution is 2.35. The van der Waals surface area contributed by atoms with Gasteiger partial charge in [0.15, 0.2) is 0 Å². The zero-order valence-corrected chi connectivity index (χ0v) is 26.7. The summed E-state index contributed by atoms with van der Waals surface area (Å²) in [7, 11) is 0. The molecule has 0 saturated heterocycles. The van der Waals surface area contributed by atoms with Gasteiger partial charge in [-0.2, -0.15) is 0 Å². The number of nitrogens with zero attached hydrogens (tertiary/aromatic N) is 1. The highest BCUT2D eigenvalue weighted by Gasteiger charge is 2.12. The molecule has 6 aromatic carbocycles. The number of fused-ring (bicyclic) bond motifs is 6. The molecule has 46 heavy (non-hydrogen) atoms. The molecule has 0 aliphatic heterocycles. The van der Waals surface area contributed by atoms with Gasteiger partial charge in [0.1, 0.15) is 0 Å². The second-order valence-corrected chi connectivity index (χ2v) is 12.0. The van der Waals surface area contributed by atoms with Gasteiger partial charge in [-0.05, 0) is 87.3 Å². The van der Waals surface area contributed by atoms with E-state index in [1.165, 1.54) is 76.7 Å². The molecule has 0 fully saturated rings. The molecule has 1 nitrogen and oxygen atoms in total. The molecule has 0 spiro atoms. The molecule has 0 amide bonds. The molecule has 7 aromatic rings. The van der Waals surface area contributed by atoms with Crippen molar-refractivity contribution in [3.63, 3.8) is 0 Å². The van der Waals surface area contributed by atoms with E-state index in [0.29, 0.717) is 0 Å². The summed E-state index contributed by atoms with van der Waals surface area (Å²) in [5.74, 6) is 0. The monoisotopic (exact) mass is 593 g/mol. The number of para-hydroxylation sites is 1. The maximum atomic E-state index is 4.19. The summed E-state index contributed by atoms with van der Waals surface area (Å²) in [6.07, 6.45) is 15.4. The average molecular weight is 594 g/mol. The topological polar surface area (TPSA) is 4.93 Å². The summed E-state index contributed by atoms with van der Waals surface area (Å²) in [4.78, 5) is 0. The minimum atomic E-state index is 0.815. The van der Waals surface area contributed by atoms with Crippen molar-refractivity contribution in [2.45, 2.75) is 33.2 Å². The lowest BCUT2D eigenvalue weighted by atomic mass is 9.91. The van der Waals surface area contributed by atoms with E-state index < -0.39 is 0 Å². The van der Waals surface area contributed by atoms with Gasteiger partial charge < -0.3 is 4.57 Å². The van der Waals surface area contributed by atoms with Gasteiger partial charge in [-0.15, -0.1) is 0 Å². The van der Waals surface area contributed by atoms with Crippen LogP contribution in [0.15, 0.2) is 146 Å². The summed E-state index contributed by atoms with van der Waals surface area (Å²) >= 11 is 0. The number of aryl methyl sites for hydroxylation is 1. The molecule has 0 saturated carbocycles. The fourth-order valence-corrected chi connectivity index (χ4v) is 6.94. The predicted molar refractivity (Wildman–Crippen MR) is 202 cm³/mol. The predicted octanol–water partition coefficient (Wildman–Crippen LogP) is 12.4. The van der Waals surface area contributed by atoms with Crippen molar-refractivity contribution in [1.29, 1.82) is 0 Å². The lowest BCUT2D eigenvalue weighted by molar-refractivity contribution is 0.899. The van der Waals surface area contributed by atoms with Gasteiger partial charge in [0, 0.05) is 28.4 Å². The van der Waals surface area contributed by atoms with Crippen LogP contribution in [0, 0.1) is 6.92 Å². The fraction of sp³-hybridized carbons (Fsp3) is 0.111. The molecular formula is C45H39N. The first-order valence-corrected chi connectivity index (χ1v) is 16.3. The molecule has 1 heterocycles. The second kappa shape index (κ2) is 12.9. The van der Waals surface area contributed by atoms with Crippen LogP contribution in [0.2, 0.25) is 0 Å². The maximum absolute atomic E-state index is 4.19. The lowest BCUT2D eigenvalue weighted by Gasteiger charge is -2.13. The third-order valence-electron chi connectivity index (χ3n) is 9.05. The molecule has 0 aliphatic carbocycles. The highest BCUT2D eigenvalue weighted by atomic mass is 15.0. The van der Waals surface area contributed by atoms with Crippen molar-refractivity contribution >= 4 is 61.1 Å². The Morgan fingerprint density at radius 1 is 0.652 bits per heavy atom. The minimum Gasteiger partial charge on any atom is -0.337 e. The van der Waals surface area contributed by atoms with E-state index in [1.807, 2.05) is 6.08 Å². The van der Waals surface area contributed by atoms with Crippen LogP contribution in [0.3, 0.4) is 0 Å². The maximum Gasteiger partial charge on any atom is 0.0494 e. The number of rotatable bonds is 9. The van der Waals surface area contributed by atoms with E-state index in [2.05, 4.69) is 171 Å². The third-order valence-corrected chi connectivity index (χ3v) is 9.05. The molecule has 0 atom stereocenters. The van der Waals surface area contributed by atoms with E-state index in [9.17, 15) is 0 Å². The van der Waals surface area contributed by atoms with Crippen molar-refractivity contribution < 1.29 is 0 Å². The number of hydrogen-bond donors (Lipinski definition) is 0. The van der Waals surface area contributed by atoms with Crippen LogP contribution in [0.25, 0.3) is 61.1 Å². The van der Waals surface area contributed by atoms with Gasteiger partial charge in [0.25, 0.3) is 0 Å². The molecule has 224 valence electrons. The summed E-state index contributed by atoms with van der Waals surface area (Å²) in [6, 6.07) is 41.9. The van der Waals surface area contributed by atoms with Gasteiger partial charge in [-0.25, -0.2) is 0 Å². The number of aromatic nitrogens is 1. The van der Waals surface area contributed by atoms with E-state index in [-0.39, 0.29) is 0 Å². The molecule has 1 aromatic heterocycles. The van der Waals surface area contributed by atoms with Crippen LogP contribution in [-0.4, -0.2) is 4.57 Å². The Morgan fingerprint density at radius 3 is 2.04 bits per heavy atom. The largest absolute Gasteiger partial charge is 0.337 e. The highest BCUT2D eigenvalue weighted by molar-refractivity contribution is 6.14. The number of benzene rings is 6. The second-order valence-electron chi connectivity index (χ2n) is 12.0.